The van der Waals surface area contributed by atoms with Crippen LogP contribution in [-0.2, 0) is 0 Å². The van der Waals surface area contributed by atoms with Gasteiger partial charge >= 0.3 is 0 Å². The van der Waals surface area contributed by atoms with Crippen molar-refractivity contribution in [1.29, 1.82) is 0 Å². The van der Waals surface area contributed by atoms with E-state index in [2.05, 4.69) is 10.3 Å². The van der Waals surface area contributed by atoms with Crippen molar-refractivity contribution >= 4 is 5.78 Å². The summed E-state index contributed by atoms with van der Waals surface area (Å²) >= 11 is 0. The Morgan fingerprint density at radius 2 is 2.35 bits per heavy atom. The lowest BCUT2D eigenvalue weighted by Gasteiger charge is -2.05. The molecule has 0 aromatic carbocycles. The van der Waals surface area contributed by atoms with Gasteiger partial charge in [-0.3, -0.25) is 9.78 Å². The van der Waals surface area contributed by atoms with Crippen LogP contribution in [0.15, 0.2) is 18.5 Å². The number of pyridine rings is 1. The Morgan fingerprint density at radius 3 is 3.06 bits per heavy atom. The summed E-state index contributed by atoms with van der Waals surface area (Å²) < 4.78 is 5.32. The van der Waals surface area contributed by atoms with Gasteiger partial charge in [0.2, 0.25) is 0 Å². The van der Waals surface area contributed by atoms with Gasteiger partial charge in [-0.1, -0.05) is 0 Å². The molecule has 1 aliphatic carbocycles. The fraction of sp³-hybridized carbons (Fsp3) is 0.538. The van der Waals surface area contributed by atoms with Crippen LogP contribution >= 0.6 is 0 Å². The molecule has 4 nitrogen and oxygen atoms in total. The van der Waals surface area contributed by atoms with Gasteiger partial charge in [0.25, 0.3) is 0 Å². The van der Waals surface area contributed by atoms with Gasteiger partial charge in [0.1, 0.15) is 5.75 Å². The largest absolute Gasteiger partial charge is 0.492 e. The van der Waals surface area contributed by atoms with E-state index >= 15 is 0 Å². The molecule has 0 spiro atoms. The number of nitrogens with one attached hydrogen (secondary N) is 1. The van der Waals surface area contributed by atoms with E-state index in [0.29, 0.717) is 30.4 Å². The number of aromatic nitrogens is 1. The quantitative estimate of drug-likeness (QED) is 0.731. The predicted molar refractivity (Wildman–Crippen MR) is 65.4 cm³/mol. The average molecular weight is 234 g/mol. The maximum Gasteiger partial charge on any atom is 0.165 e. The number of nitrogens with zero attached hydrogens (tertiary/aromatic N) is 1. The monoisotopic (exact) mass is 234 g/mol. The summed E-state index contributed by atoms with van der Waals surface area (Å²) in [7, 11) is 0. The fourth-order valence-corrected chi connectivity index (χ4v) is 1.64. The number of carbonyl (C=O) groups excluding carboxylic acids is 1. The highest BCUT2D eigenvalue weighted by molar-refractivity contribution is 5.96. The van der Waals surface area contributed by atoms with Crippen molar-refractivity contribution in [3.63, 3.8) is 0 Å². The first-order valence-corrected chi connectivity index (χ1v) is 6.14. The molecule has 2 rings (SSSR count). The average Bonchev–Trinajstić information content (AvgIpc) is 3.14. The first-order valence-electron chi connectivity index (χ1n) is 6.14. The number of hydrogen-bond acceptors (Lipinski definition) is 4. The van der Waals surface area contributed by atoms with E-state index in [1.54, 1.807) is 18.5 Å². The van der Waals surface area contributed by atoms with Crippen LogP contribution < -0.4 is 10.1 Å². The highest BCUT2D eigenvalue weighted by Crippen LogP contribution is 2.18. The van der Waals surface area contributed by atoms with Crippen molar-refractivity contribution in [1.82, 2.24) is 10.3 Å². The smallest absolute Gasteiger partial charge is 0.165 e. The SMILES string of the molecule is CCOc1cncc(C(=O)CCNC2CC2)c1. The fourth-order valence-electron chi connectivity index (χ4n) is 1.64. The topological polar surface area (TPSA) is 51.2 Å². The molecular formula is C13H18N2O2. The summed E-state index contributed by atoms with van der Waals surface area (Å²) in [6.07, 6.45) is 6.24. The first kappa shape index (κ1) is 12.0. The Bertz CT molecular complexity index is 389. The molecule has 0 unspecified atom stereocenters. The molecular weight excluding hydrogens is 216 g/mol. The first-order chi connectivity index (χ1) is 8.29. The molecule has 0 saturated heterocycles. The lowest BCUT2D eigenvalue weighted by atomic mass is 10.1. The molecule has 17 heavy (non-hydrogen) atoms. The Hall–Kier alpha value is -1.42. The van der Waals surface area contributed by atoms with E-state index < -0.39 is 0 Å². The Kier molecular flexibility index (Phi) is 4.09. The van der Waals surface area contributed by atoms with E-state index in [1.165, 1.54) is 12.8 Å². The van der Waals surface area contributed by atoms with E-state index in [4.69, 9.17) is 4.74 Å². The molecule has 92 valence electrons. The number of ketones is 1. The van der Waals surface area contributed by atoms with Crippen LogP contribution in [-0.4, -0.2) is 30.0 Å². The normalized spacial score (nSPS) is 14.6. The minimum atomic E-state index is 0.118. The Balaban J connectivity index is 1.85. The lowest BCUT2D eigenvalue weighted by Crippen LogP contribution is -2.20. The van der Waals surface area contributed by atoms with Gasteiger partial charge in [-0.2, -0.15) is 0 Å². The van der Waals surface area contributed by atoms with Gasteiger partial charge in [-0.15, -0.1) is 0 Å². The van der Waals surface area contributed by atoms with Crippen LogP contribution in [0.1, 0.15) is 36.5 Å². The molecule has 1 fully saturated rings. The number of rotatable bonds is 7. The highest BCUT2D eigenvalue weighted by Gasteiger charge is 2.20. The summed E-state index contributed by atoms with van der Waals surface area (Å²) in [6, 6.07) is 2.41. The van der Waals surface area contributed by atoms with Crippen molar-refractivity contribution in [2.24, 2.45) is 0 Å². The summed E-state index contributed by atoms with van der Waals surface area (Å²) in [5.41, 5.74) is 0.633. The molecule has 1 aromatic heterocycles. The highest BCUT2D eigenvalue weighted by atomic mass is 16.5. The van der Waals surface area contributed by atoms with E-state index in [0.717, 1.165) is 6.54 Å². The van der Waals surface area contributed by atoms with Crippen molar-refractivity contribution < 1.29 is 9.53 Å². The second-order valence-electron chi connectivity index (χ2n) is 4.24. The Labute approximate surface area is 101 Å². The molecule has 1 aliphatic rings. The van der Waals surface area contributed by atoms with Crippen molar-refractivity contribution in [3.05, 3.63) is 24.0 Å². The minimum absolute atomic E-state index is 0.118. The molecule has 0 radical (unpaired) electrons. The molecule has 0 atom stereocenters. The third-order valence-electron chi connectivity index (χ3n) is 2.71. The molecule has 4 heteroatoms. The second-order valence-corrected chi connectivity index (χ2v) is 4.24. The van der Waals surface area contributed by atoms with E-state index in [9.17, 15) is 4.79 Å². The third kappa shape index (κ3) is 3.82. The van der Waals surface area contributed by atoms with Gasteiger partial charge in [0.05, 0.1) is 12.8 Å². The second kappa shape index (κ2) is 5.77. The van der Waals surface area contributed by atoms with Crippen LogP contribution in [0.2, 0.25) is 0 Å². The molecule has 1 N–H and O–H groups in total. The molecule has 1 saturated carbocycles. The number of ether oxygens (including phenoxy) is 1. The van der Waals surface area contributed by atoms with Gasteiger partial charge in [-0.25, -0.2) is 0 Å². The molecule has 0 bridgehead atoms. The zero-order chi connectivity index (χ0) is 12.1. The maximum absolute atomic E-state index is 11.9. The van der Waals surface area contributed by atoms with Crippen molar-refractivity contribution in [2.75, 3.05) is 13.2 Å². The van der Waals surface area contributed by atoms with Crippen LogP contribution in [0.5, 0.6) is 5.75 Å². The minimum Gasteiger partial charge on any atom is -0.492 e. The van der Waals surface area contributed by atoms with Crippen LogP contribution in [0.25, 0.3) is 0 Å². The standard InChI is InChI=1S/C13H18N2O2/c1-2-17-12-7-10(8-14-9-12)13(16)5-6-15-11-3-4-11/h7-9,11,15H,2-6H2,1H3. The summed E-state index contributed by atoms with van der Waals surface area (Å²) in [5, 5.41) is 3.32. The van der Waals surface area contributed by atoms with Crippen LogP contribution in [0.4, 0.5) is 0 Å². The maximum atomic E-state index is 11.9. The van der Waals surface area contributed by atoms with Crippen molar-refractivity contribution in [3.8, 4) is 5.75 Å². The van der Waals surface area contributed by atoms with Gasteiger partial charge < -0.3 is 10.1 Å². The van der Waals surface area contributed by atoms with Gasteiger partial charge in [0, 0.05) is 30.8 Å². The molecule has 1 aromatic rings. The third-order valence-corrected chi connectivity index (χ3v) is 2.71. The lowest BCUT2D eigenvalue weighted by molar-refractivity contribution is 0.0981. The van der Waals surface area contributed by atoms with Crippen molar-refractivity contribution in [2.45, 2.75) is 32.2 Å². The Morgan fingerprint density at radius 1 is 1.53 bits per heavy atom. The van der Waals surface area contributed by atoms with Crippen LogP contribution in [0, 0.1) is 0 Å². The zero-order valence-electron chi connectivity index (χ0n) is 10.1. The van der Waals surface area contributed by atoms with E-state index in [-0.39, 0.29) is 5.78 Å². The van der Waals surface area contributed by atoms with E-state index in [1.807, 2.05) is 6.92 Å². The summed E-state index contributed by atoms with van der Waals surface area (Å²) in [4.78, 5) is 15.9. The number of hydrogen-bond donors (Lipinski definition) is 1. The molecule has 1 heterocycles. The summed E-state index contributed by atoms with van der Waals surface area (Å²) in [6.45, 7) is 3.25. The van der Waals surface area contributed by atoms with Crippen LogP contribution in [0.3, 0.4) is 0 Å². The van der Waals surface area contributed by atoms with Gasteiger partial charge in [-0.05, 0) is 25.8 Å². The van der Waals surface area contributed by atoms with Gasteiger partial charge in [0.15, 0.2) is 5.78 Å². The summed E-state index contributed by atoms with van der Waals surface area (Å²) in [5.74, 6) is 0.778. The zero-order valence-corrected chi connectivity index (χ0v) is 10.1. The predicted octanol–water partition coefficient (Wildman–Crippen LogP) is 1.81. The number of Topliss-reactive ketones (excluding diaryl/α,β-unsaturated/α-hetero) is 1. The molecule has 0 amide bonds. The molecule has 0 aliphatic heterocycles. The number of carbonyl (C=O) groups is 1.